The minimum absolute atomic E-state index is 0.0494. The molecule has 0 saturated heterocycles. The number of hydrogen-bond acceptors (Lipinski definition) is 6. The topological polar surface area (TPSA) is 67.9 Å². The molecule has 6 heteroatoms. The molecule has 1 N–H and O–H groups in total. The maximum atomic E-state index is 12.5. The summed E-state index contributed by atoms with van der Waals surface area (Å²) in [6.07, 6.45) is 4.72. The molecule has 0 aliphatic carbocycles. The van der Waals surface area contributed by atoms with E-state index in [1.807, 2.05) is 7.05 Å². The first kappa shape index (κ1) is 33.9. The van der Waals surface area contributed by atoms with Crippen molar-refractivity contribution in [2.75, 3.05) is 46.4 Å². The molecule has 0 aromatic rings. The van der Waals surface area contributed by atoms with E-state index < -0.39 is 0 Å². The van der Waals surface area contributed by atoms with Crippen molar-refractivity contribution in [2.24, 2.45) is 21.7 Å². The first-order chi connectivity index (χ1) is 15.9. The Morgan fingerprint density at radius 2 is 1.17 bits per heavy atom. The highest BCUT2D eigenvalue weighted by atomic mass is 16.5. The zero-order valence-electron chi connectivity index (χ0n) is 25.1. The molecule has 0 radical (unpaired) electrons. The fourth-order valence-electron chi connectivity index (χ4n) is 4.97. The molecule has 6 nitrogen and oxygen atoms in total. The molecule has 0 aromatic carbocycles. The molecular formula is C29H58N2O4. The van der Waals surface area contributed by atoms with Gasteiger partial charge in [-0.05, 0) is 61.1 Å². The van der Waals surface area contributed by atoms with Crippen LogP contribution in [-0.4, -0.2) is 63.3 Å². The second-order valence-electron chi connectivity index (χ2n) is 13.9. The lowest BCUT2D eigenvalue weighted by molar-refractivity contribution is -0.148. The van der Waals surface area contributed by atoms with Gasteiger partial charge in [-0.1, -0.05) is 75.7 Å². The van der Waals surface area contributed by atoms with Crippen LogP contribution in [-0.2, 0) is 19.1 Å². The second kappa shape index (κ2) is 15.2. The number of carbonyl (C=O) groups is 2. The van der Waals surface area contributed by atoms with Crippen LogP contribution in [0.3, 0.4) is 0 Å². The monoisotopic (exact) mass is 498 g/mol. The Hall–Kier alpha value is -1.14. The van der Waals surface area contributed by atoms with Gasteiger partial charge in [-0.3, -0.25) is 9.59 Å². The molecule has 208 valence electrons. The minimum atomic E-state index is -0.173. The van der Waals surface area contributed by atoms with Crippen molar-refractivity contribution >= 4 is 11.9 Å². The second-order valence-corrected chi connectivity index (χ2v) is 13.9. The number of rotatable bonds is 18. The highest BCUT2D eigenvalue weighted by Gasteiger charge is 2.29. The van der Waals surface area contributed by atoms with E-state index in [1.54, 1.807) is 0 Å². The number of nitrogens with zero attached hydrogens (tertiary/aromatic N) is 1. The van der Waals surface area contributed by atoms with Gasteiger partial charge in [-0.15, -0.1) is 0 Å². The van der Waals surface area contributed by atoms with E-state index >= 15 is 0 Å². The third-order valence-corrected chi connectivity index (χ3v) is 6.34. The molecule has 0 spiro atoms. The maximum Gasteiger partial charge on any atom is 0.307 e. The van der Waals surface area contributed by atoms with Crippen molar-refractivity contribution in [1.29, 1.82) is 0 Å². The molecule has 0 bridgehead atoms. The molecule has 0 atom stereocenters. The van der Waals surface area contributed by atoms with Crippen LogP contribution in [0, 0.1) is 21.7 Å². The molecule has 0 rings (SSSR count). The van der Waals surface area contributed by atoms with Gasteiger partial charge in [0.15, 0.2) is 0 Å². The van der Waals surface area contributed by atoms with E-state index in [9.17, 15) is 9.59 Å². The number of hydrogen-bond donors (Lipinski definition) is 1. The van der Waals surface area contributed by atoms with Gasteiger partial charge in [-0.2, -0.15) is 0 Å². The molecule has 0 aliphatic rings. The van der Waals surface area contributed by atoms with Crippen molar-refractivity contribution in [3.05, 3.63) is 0 Å². The fourth-order valence-corrected chi connectivity index (χ4v) is 4.97. The number of ether oxygens (including phenoxy) is 2. The molecule has 0 amide bonds. The summed E-state index contributed by atoms with van der Waals surface area (Å²) in [6, 6.07) is 0. The minimum Gasteiger partial charge on any atom is -0.465 e. The summed E-state index contributed by atoms with van der Waals surface area (Å²) in [7, 11) is 1.93. The van der Waals surface area contributed by atoms with Crippen LogP contribution >= 0.6 is 0 Å². The Balaban J connectivity index is 4.63. The lowest BCUT2D eigenvalue weighted by Crippen LogP contribution is -2.33. The smallest absolute Gasteiger partial charge is 0.307 e. The van der Waals surface area contributed by atoms with Crippen molar-refractivity contribution in [3.63, 3.8) is 0 Å². The van der Waals surface area contributed by atoms with Gasteiger partial charge in [0.1, 0.15) is 0 Å². The van der Waals surface area contributed by atoms with Gasteiger partial charge in [0.05, 0.1) is 26.1 Å². The third-order valence-electron chi connectivity index (χ3n) is 6.34. The van der Waals surface area contributed by atoms with E-state index in [2.05, 4.69) is 79.5 Å². The highest BCUT2D eigenvalue weighted by Crippen LogP contribution is 2.36. The van der Waals surface area contributed by atoms with E-state index in [1.165, 1.54) is 0 Å². The van der Waals surface area contributed by atoms with E-state index in [4.69, 9.17) is 9.47 Å². The van der Waals surface area contributed by atoms with Crippen molar-refractivity contribution in [3.8, 4) is 0 Å². The van der Waals surface area contributed by atoms with E-state index in [-0.39, 0.29) is 33.6 Å². The molecule has 0 unspecified atom stereocenters. The van der Waals surface area contributed by atoms with Crippen molar-refractivity contribution < 1.29 is 19.1 Å². The SMILES string of the molecule is CCC(C)(C)CC(C)(C)COC(=O)CCN(CCCNC)CCC(=O)OCC(C)(C)CC(C)(C)C. The zero-order chi connectivity index (χ0) is 27.3. The van der Waals surface area contributed by atoms with Crippen LogP contribution in [0.25, 0.3) is 0 Å². The largest absolute Gasteiger partial charge is 0.465 e. The zero-order valence-corrected chi connectivity index (χ0v) is 25.1. The van der Waals surface area contributed by atoms with Crippen LogP contribution in [0.1, 0.15) is 108 Å². The van der Waals surface area contributed by atoms with E-state index in [0.29, 0.717) is 39.1 Å². The third kappa shape index (κ3) is 18.7. The predicted octanol–water partition coefficient (Wildman–Crippen LogP) is 6.08. The summed E-state index contributed by atoms with van der Waals surface area (Å²) in [6.45, 7) is 25.7. The molecular weight excluding hydrogens is 440 g/mol. The summed E-state index contributed by atoms with van der Waals surface area (Å²) in [4.78, 5) is 27.1. The summed E-state index contributed by atoms with van der Waals surface area (Å²) < 4.78 is 11.3. The highest BCUT2D eigenvalue weighted by molar-refractivity contribution is 5.70. The van der Waals surface area contributed by atoms with Crippen LogP contribution < -0.4 is 5.32 Å². The van der Waals surface area contributed by atoms with Crippen LogP contribution in [0.2, 0.25) is 0 Å². The summed E-state index contributed by atoms with van der Waals surface area (Å²) >= 11 is 0. The normalized spacial score (nSPS) is 13.3. The lowest BCUT2D eigenvalue weighted by Gasteiger charge is -2.34. The predicted molar refractivity (Wildman–Crippen MR) is 146 cm³/mol. The van der Waals surface area contributed by atoms with Crippen LogP contribution in [0.4, 0.5) is 0 Å². The molecule has 0 saturated carbocycles. The Morgan fingerprint density at radius 1 is 0.714 bits per heavy atom. The standard InChI is InChI=1S/C29H58N2O4/c1-12-27(5,6)21-29(9,10)23-35-25(33)15-19-31(17-13-16-30-11)18-14-24(32)34-22-28(7,8)20-26(2,3)4/h30H,12-23H2,1-11H3. The molecule has 0 aliphatic heterocycles. The Labute approximate surface area is 217 Å². The first-order valence-electron chi connectivity index (χ1n) is 13.6. The average Bonchev–Trinajstić information content (AvgIpc) is 2.70. The van der Waals surface area contributed by atoms with Gasteiger partial charge in [0, 0.05) is 13.1 Å². The Morgan fingerprint density at radius 3 is 1.57 bits per heavy atom. The van der Waals surface area contributed by atoms with Crippen molar-refractivity contribution in [2.45, 2.75) is 108 Å². The van der Waals surface area contributed by atoms with Gasteiger partial charge in [0.2, 0.25) is 0 Å². The van der Waals surface area contributed by atoms with Crippen molar-refractivity contribution in [1.82, 2.24) is 10.2 Å². The average molecular weight is 499 g/mol. The van der Waals surface area contributed by atoms with Crippen LogP contribution in [0.15, 0.2) is 0 Å². The first-order valence-corrected chi connectivity index (χ1v) is 13.6. The summed E-state index contributed by atoms with van der Waals surface area (Å²) in [5.74, 6) is -0.342. The van der Waals surface area contributed by atoms with Gasteiger partial charge >= 0.3 is 11.9 Å². The van der Waals surface area contributed by atoms with Gasteiger partial charge < -0.3 is 19.7 Å². The number of carbonyl (C=O) groups excluding carboxylic acids is 2. The Kier molecular flexibility index (Phi) is 14.7. The Bertz CT molecular complexity index is 621. The summed E-state index contributed by atoms with van der Waals surface area (Å²) in [5.41, 5.74) is 0.323. The summed E-state index contributed by atoms with van der Waals surface area (Å²) in [5, 5.41) is 3.16. The van der Waals surface area contributed by atoms with Gasteiger partial charge in [0.25, 0.3) is 0 Å². The van der Waals surface area contributed by atoms with E-state index in [0.717, 1.165) is 38.8 Å². The number of esters is 2. The fraction of sp³-hybridized carbons (Fsp3) is 0.931. The number of nitrogens with one attached hydrogen (secondary N) is 1. The lowest BCUT2D eigenvalue weighted by atomic mass is 9.74. The molecule has 0 aromatic heterocycles. The molecule has 0 heterocycles. The molecule has 35 heavy (non-hydrogen) atoms. The van der Waals surface area contributed by atoms with Crippen LogP contribution in [0.5, 0.6) is 0 Å². The quantitative estimate of drug-likeness (QED) is 0.182. The molecule has 0 fully saturated rings. The maximum absolute atomic E-state index is 12.5. The van der Waals surface area contributed by atoms with Gasteiger partial charge in [-0.25, -0.2) is 0 Å².